The minimum Gasteiger partial charge on any atom is -0.495 e. The number of anilines is 1. The Morgan fingerprint density at radius 2 is 1.83 bits per heavy atom. The summed E-state index contributed by atoms with van der Waals surface area (Å²) < 4.78 is 11.1. The van der Waals surface area contributed by atoms with E-state index in [1.165, 1.54) is 5.69 Å². The van der Waals surface area contributed by atoms with Crippen LogP contribution in [-0.4, -0.2) is 95.0 Å². The molecule has 7 nitrogen and oxygen atoms in total. The summed E-state index contributed by atoms with van der Waals surface area (Å²) >= 11 is 0. The first kappa shape index (κ1) is 25.0. The fraction of sp³-hybridized carbons (Fsp3) is 0.682. The molecule has 1 N–H and O–H groups in total. The standard InChI is InChI=1S/C22H37N5O2.HI/c1-5-23-21(24-18-22(25(2)3)10-16-29-17-11-22)27-14-12-26(13-15-27)19-8-6-7-9-20(19)28-4;/h6-9H,5,10-18H2,1-4H3,(H,23,24);1H. The van der Waals surface area contributed by atoms with Crippen molar-refractivity contribution in [3.63, 3.8) is 0 Å². The lowest BCUT2D eigenvalue weighted by Crippen LogP contribution is -2.54. The van der Waals surface area contributed by atoms with E-state index in [0.29, 0.717) is 0 Å². The van der Waals surface area contributed by atoms with Crippen LogP contribution in [0.2, 0.25) is 0 Å². The molecule has 0 unspecified atom stereocenters. The molecule has 30 heavy (non-hydrogen) atoms. The minimum atomic E-state index is 0. The van der Waals surface area contributed by atoms with Crippen LogP contribution < -0.4 is 15.0 Å². The van der Waals surface area contributed by atoms with E-state index in [2.05, 4.69) is 53.2 Å². The number of para-hydroxylation sites is 2. The maximum atomic E-state index is 5.60. The highest BCUT2D eigenvalue weighted by Crippen LogP contribution is 2.29. The normalized spacial score (nSPS) is 19.4. The Labute approximate surface area is 198 Å². The van der Waals surface area contributed by atoms with Crippen molar-refractivity contribution < 1.29 is 9.47 Å². The molecule has 2 fully saturated rings. The van der Waals surface area contributed by atoms with E-state index in [-0.39, 0.29) is 29.5 Å². The summed E-state index contributed by atoms with van der Waals surface area (Å²) in [5, 5.41) is 3.51. The zero-order valence-corrected chi connectivity index (χ0v) is 21.2. The van der Waals surface area contributed by atoms with Crippen molar-refractivity contribution in [3.05, 3.63) is 24.3 Å². The summed E-state index contributed by atoms with van der Waals surface area (Å²) in [5.74, 6) is 1.97. The number of aliphatic imine (C=N–C) groups is 1. The van der Waals surface area contributed by atoms with Gasteiger partial charge in [0.15, 0.2) is 5.96 Å². The van der Waals surface area contributed by atoms with Crippen molar-refractivity contribution in [1.29, 1.82) is 0 Å². The molecule has 0 aromatic heterocycles. The van der Waals surface area contributed by atoms with Crippen molar-refractivity contribution >= 4 is 35.6 Å². The van der Waals surface area contributed by atoms with Crippen molar-refractivity contribution in [2.75, 3.05) is 78.6 Å². The smallest absolute Gasteiger partial charge is 0.194 e. The Kier molecular flexibility index (Phi) is 9.96. The number of hydrogen-bond acceptors (Lipinski definition) is 5. The highest BCUT2D eigenvalue weighted by molar-refractivity contribution is 14.0. The van der Waals surface area contributed by atoms with Gasteiger partial charge in [-0.05, 0) is 46.0 Å². The van der Waals surface area contributed by atoms with Crippen LogP contribution in [0.4, 0.5) is 5.69 Å². The molecule has 0 radical (unpaired) electrons. The fourth-order valence-electron chi connectivity index (χ4n) is 4.20. The molecule has 0 aliphatic carbocycles. The molecule has 1 aromatic rings. The van der Waals surface area contributed by atoms with Crippen molar-refractivity contribution in [2.24, 2.45) is 4.99 Å². The number of ether oxygens (including phenoxy) is 2. The lowest BCUT2D eigenvalue weighted by atomic mass is 9.89. The number of hydrogen-bond donors (Lipinski definition) is 1. The third-order valence-corrected chi connectivity index (χ3v) is 6.24. The lowest BCUT2D eigenvalue weighted by Gasteiger charge is -2.42. The van der Waals surface area contributed by atoms with Crippen LogP contribution in [0.1, 0.15) is 19.8 Å². The number of nitrogens with zero attached hydrogens (tertiary/aromatic N) is 4. The minimum absolute atomic E-state index is 0. The van der Waals surface area contributed by atoms with Crippen LogP contribution in [0, 0.1) is 0 Å². The zero-order chi connectivity index (χ0) is 20.7. The van der Waals surface area contributed by atoms with Crippen molar-refractivity contribution in [2.45, 2.75) is 25.3 Å². The Hall–Kier alpha value is -1.26. The summed E-state index contributed by atoms with van der Waals surface area (Å²) in [4.78, 5) is 12.2. The number of guanidine groups is 1. The number of methoxy groups -OCH3 is 1. The van der Waals surface area contributed by atoms with E-state index in [1.807, 2.05) is 12.1 Å². The molecule has 8 heteroatoms. The second kappa shape index (κ2) is 12.0. The molecule has 0 atom stereocenters. The van der Waals surface area contributed by atoms with Gasteiger partial charge in [0, 0.05) is 51.5 Å². The average Bonchev–Trinajstić information content (AvgIpc) is 2.77. The van der Waals surface area contributed by atoms with E-state index in [9.17, 15) is 0 Å². The first-order valence-corrected chi connectivity index (χ1v) is 10.8. The van der Waals surface area contributed by atoms with Crippen LogP contribution >= 0.6 is 24.0 Å². The lowest BCUT2D eigenvalue weighted by molar-refractivity contribution is -0.00264. The van der Waals surface area contributed by atoms with E-state index in [1.54, 1.807) is 7.11 Å². The van der Waals surface area contributed by atoms with Crippen LogP contribution in [0.5, 0.6) is 5.75 Å². The zero-order valence-electron chi connectivity index (χ0n) is 18.9. The van der Waals surface area contributed by atoms with E-state index >= 15 is 0 Å². The van der Waals surface area contributed by atoms with E-state index < -0.39 is 0 Å². The van der Waals surface area contributed by atoms with Gasteiger partial charge < -0.3 is 29.5 Å². The van der Waals surface area contributed by atoms with Gasteiger partial charge in [-0.25, -0.2) is 0 Å². The van der Waals surface area contributed by atoms with Crippen molar-refractivity contribution in [3.8, 4) is 5.75 Å². The first-order valence-electron chi connectivity index (χ1n) is 10.8. The largest absolute Gasteiger partial charge is 0.495 e. The molecule has 0 saturated carbocycles. The van der Waals surface area contributed by atoms with Gasteiger partial charge in [-0.1, -0.05) is 12.1 Å². The predicted octanol–water partition coefficient (Wildman–Crippen LogP) is 2.51. The molecule has 0 bridgehead atoms. The SMILES string of the molecule is CCNC(=NCC1(N(C)C)CCOCC1)N1CCN(c2ccccc2OC)CC1.I. The number of halogens is 1. The molecule has 0 amide bonds. The number of piperazine rings is 1. The molecular formula is C22H38IN5O2. The van der Waals surface area contributed by atoms with Crippen LogP contribution in [0.25, 0.3) is 0 Å². The molecular weight excluding hydrogens is 493 g/mol. The second-order valence-electron chi connectivity index (χ2n) is 8.05. The molecule has 2 heterocycles. The van der Waals surface area contributed by atoms with Gasteiger partial charge >= 0.3 is 0 Å². The molecule has 3 rings (SSSR count). The van der Waals surface area contributed by atoms with E-state index in [0.717, 1.165) is 77.0 Å². The summed E-state index contributed by atoms with van der Waals surface area (Å²) in [5.41, 5.74) is 1.27. The van der Waals surface area contributed by atoms with Crippen LogP contribution in [-0.2, 0) is 4.74 Å². The van der Waals surface area contributed by atoms with Gasteiger partial charge in [0.05, 0.1) is 19.3 Å². The Bertz CT molecular complexity index is 671. The van der Waals surface area contributed by atoms with Gasteiger partial charge in [-0.15, -0.1) is 24.0 Å². The summed E-state index contributed by atoms with van der Waals surface area (Å²) in [6, 6.07) is 8.26. The monoisotopic (exact) mass is 531 g/mol. The molecule has 170 valence electrons. The molecule has 2 aliphatic heterocycles. The number of rotatable bonds is 6. The Morgan fingerprint density at radius 3 is 2.43 bits per heavy atom. The molecule has 2 saturated heterocycles. The summed E-state index contributed by atoms with van der Waals surface area (Å²) in [6.45, 7) is 9.27. The number of nitrogens with one attached hydrogen (secondary N) is 1. The second-order valence-corrected chi connectivity index (χ2v) is 8.05. The van der Waals surface area contributed by atoms with Crippen molar-refractivity contribution in [1.82, 2.24) is 15.1 Å². The molecule has 0 spiro atoms. The maximum Gasteiger partial charge on any atom is 0.194 e. The quantitative estimate of drug-likeness (QED) is 0.346. The topological polar surface area (TPSA) is 52.6 Å². The van der Waals surface area contributed by atoms with Gasteiger partial charge in [0.2, 0.25) is 0 Å². The Balaban J connectivity index is 0.00000320. The van der Waals surface area contributed by atoms with Gasteiger partial charge in [-0.2, -0.15) is 0 Å². The van der Waals surface area contributed by atoms with Crippen LogP contribution in [0.15, 0.2) is 29.3 Å². The summed E-state index contributed by atoms with van der Waals surface area (Å²) in [7, 11) is 6.07. The predicted molar refractivity (Wildman–Crippen MR) is 135 cm³/mol. The Morgan fingerprint density at radius 1 is 1.17 bits per heavy atom. The fourth-order valence-corrected chi connectivity index (χ4v) is 4.20. The van der Waals surface area contributed by atoms with Gasteiger partial charge in [0.25, 0.3) is 0 Å². The average molecular weight is 531 g/mol. The number of benzene rings is 1. The third kappa shape index (κ3) is 5.91. The van der Waals surface area contributed by atoms with E-state index in [4.69, 9.17) is 14.5 Å². The van der Waals surface area contributed by atoms with Gasteiger partial charge in [-0.3, -0.25) is 4.99 Å². The summed E-state index contributed by atoms with van der Waals surface area (Å²) in [6.07, 6.45) is 2.06. The molecule has 1 aromatic carbocycles. The van der Waals surface area contributed by atoms with Crippen LogP contribution in [0.3, 0.4) is 0 Å². The third-order valence-electron chi connectivity index (χ3n) is 6.24. The first-order chi connectivity index (χ1) is 14.1. The maximum absolute atomic E-state index is 5.60. The number of likely N-dealkylation sites (N-methyl/N-ethyl adjacent to an activating group) is 1. The highest BCUT2D eigenvalue weighted by Gasteiger charge is 2.35. The molecule has 2 aliphatic rings. The highest BCUT2D eigenvalue weighted by atomic mass is 127. The van der Waals surface area contributed by atoms with Gasteiger partial charge in [0.1, 0.15) is 5.75 Å².